The van der Waals surface area contributed by atoms with E-state index >= 15 is 0 Å². The number of benzene rings is 1. The van der Waals surface area contributed by atoms with Crippen molar-refractivity contribution < 1.29 is 22.4 Å². The maximum atomic E-state index is 13.5. The van der Waals surface area contributed by atoms with Crippen molar-refractivity contribution in [2.24, 2.45) is 11.8 Å². The van der Waals surface area contributed by atoms with Gasteiger partial charge < -0.3 is 0 Å². The van der Waals surface area contributed by atoms with Gasteiger partial charge in [-0.25, -0.2) is 12.8 Å². The molecule has 0 saturated carbocycles. The predicted molar refractivity (Wildman–Crippen MR) is 101 cm³/mol. The molecule has 148 valence electrons. The molecular formula is C19H19FN2O4S2. The molecular weight excluding hydrogens is 403 g/mol. The summed E-state index contributed by atoms with van der Waals surface area (Å²) in [6, 6.07) is 8.20. The molecule has 2 aliphatic rings. The van der Waals surface area contributed by atoms with Crippen LogP contribution in [0.3, 0.4) is 0 Å². The lowest BCUT2D eigenvalue weighted by atomic mass is 10.00. The van der Waals surface area contributed by atoms with Crippen molar-refractivity contribution in [3.05, 3.63) is 52.5 Å². The standard InChI is InChI=1S/C19H19FN2O4S2/c1-2-16(17-7-4-8-27-17)22-18(23)14-10-21(11-15(14)19(22)24)28(25,26)13-6-3-5-12(20)9-13/h3-9,14-16H,2,10-11H2,1H3/t14-,15+,16?. The van der Waals surface area contributed by atoms with E-state index in [2.05, 4.69) is 0 Å². The van der Waals surface area contributed by atoms with E-state index in [4.69, 9.17) is 0 Å². The smallest absolute Gasteiger partial charge is 0.243 e. The number of rotatable bonds is 5. The molecule has 3 heterocycles. The first-order valence-electron chi connectivity index (χ1n) is 9.00. The summed E-state index contributed by atoms with van der Waals surface area (Å²) < 4.78 is 40.2. The first kappa shape index (κ1) is 19.2. The quantitative estimate of drug-likeness (QED) is 0.695. The summed E-state index contributed by atoms with van der Waals surface area (Å²) in [7, 11) is -3.96. The third kappa shape index (κ3) is 2.98. The average Bonchev–Trinajstić information content (AvgIpc) is 3.38. The molecule has 1 aromatic carbocycles. The lowest BCUT2D eigenvalue weighted by molar-refractivity contribution is -0.143. The molecule has 2 amide bonds. The van der Waals surface area contributed by atoms with Crippen LogP contribution < -0.4 is 0 Å². The molecule has 0 aliphatic carbocycles. The molecule has 2 aromatic rings. The minimum absolute atomic E-state index is 0.0640. The maximum absolute atomic E-state index is 13.5. The summed E-state index contributed by atoms with van der Waals surface area (Å²) in [5.41, 5.74) is 0. The SMILES string of the molecule is CCC(c1cccs1)N1C(=O)[C@H]2CN(S(=O)(=O)c3cccc(F)c3)C[C@H]2C1=O. The van der Waals surface area contributed by atoms with E-state index < -0.39 is 27.7 Å². The molecule has 0 bridgehead atoms. The lowest BCUT2D eigenvalue weighted by Crippen LogP contribution is -2.39. The van der Waals surface area contributed by atoms with E-state index in [1.54, 1.807) is 0 Å². The van der Waals surface area contributed by atoms with Crippen molar-refractivity contribution in [1.29, 1.82) is 0 Å². The number of thiophene rings is 1. The van der Waals surface area contributed by atoms with Crippen LogP contribution in [0, 0.1) is 17.7 Å². The number of amides is 2. The summed E-state index contributed by atoms with van der Waals surface area (Å²) in [6.07, 6.45) is 0.600. The van der Waals surface area contributed by atoms with E-state index in [0.717, 1.165) is 21.3 Å². The number of halogens is 1. The number of carbonyl (C=O) groups is 2. The number of likely N-dealkylation sites (tertiary alicyclic amines) is 1. The number of fused-ring (bicyclic) bond motifs is 1. The fraction of sp³-hybridized carbons (Fsp3) is 0.368. The molecule has 3 atom stereocenters. The Balaban J connectivity index is 1.59. The van der Waals surface area contributed by atoms with Crippen molar-refractivity contribution in [2.75, 3.05) is 13.1 Å². The van der Waals surface area contributed by atoms with Gasteiger partial charge in [0, 0.05) is 18.0 Å². The molecule has 2 fully saturated rings. The van der Waals surface area contributed by atoms with Gasteiger partial charge in [0.05, 0.1) is 22.8 Å². The van der Waals surface area contributed by atoms with E-state index in [1.165, 1.54) is 28.4 Å². The van der Waals surface area contributed by atoms with Crippen LogP contribution in [0.25, 0.3) is 0 Å². The van der Waals surface area contributed by atoms with Gasteiger partial charge in [-0.3, -0.25) is 14.5 Å². The molecule has 0 N–H and O–H groups in total. The molecule has 4 rings (SSSR count). The van der Waals surface area contributed by atoms with E-state index in [1.807, 2.05) is 24.4 Å². The van der Waals surface area contributed by atoms with Gasteiger partial charge in [0.2, 0.25) is 21.8 Å². The minimum atomic E-state index is -3.96. The van der Waals surface area contributed by atoms with Crippen molar-refractivity contribution in [3.8, 4) is 0 Å². The Morgan fingerprint density at radius 2 is 1.82 bits per heavy atom. The number of nitrogens with zero attached hydrogens (tertiary/aromatic N) is 2. The first-order chi connectivity index (χ1) is 13.3. The molecule has 6 nitrogen and oxygen atoms in total. The van der Waals surface area contributed by atoms with Gasteiger partial charge in [-0.05, 0) is 36.1 Å². The second-order valence-corrected chi connectivity index (χ2v) is 9.90. The highest BCUT2D eigenvalue weighted by atomic mass is 32.2. The molecule has 1 aromatic heterocycles. The van der Waals surface area contributed by atoms with Crippen molar-refractivity contribution >= 4 is 33.2 Å². The van der Waals surface area contributed by atoms with E-state index in [9.17, 15) is 22.4 Å². The molecule has 0 radical (unpaired) electrons. The Morgan fingerprint density at radius 3 is 2.36 bits per heavy atom. The fourth-order valence-electron chi connectivity index (χ4n) is 4.01. The zero-order chi connectivity index (χ0) is 20.1. The summed E-state index contributed by atoms with van der Waals surface area (Å²) >= 11 is 1.49. The van der Waals surface area contributed by atoms with Gasteiger partial charge in [0.1, 0.15) is 5.82 Å². The van der Waals surface area contributed by atoms with Crippen LogP contribution in [-0.2, 0) is 19.6 Å². The lowest BCUT2D eigenvalue weighted by Gasteiger charge is -2.26. The monoisotopic (exact) mass is 422 g/mol. The molecule has 1 unspecified atom stereocenters. The number of sulfonamides is 1. The predicted octanol–water partition coefficient (Wildman–Crippen LogP) is 2.64. The highest BCUT2D eigenvalue weighted by Crippen LogP contribution is 2.41. The molecule has 28 heavy (non-hydrogen) atoms. The van der Waals surface area contributed by atoms with Crippen LogP contribution >= 0.6 is 11.3 Å². The second-order valence-electron chi connectivity index (χ2n) is 6.98. The van der Waals surface area contributed by atoms with Crippen LogP contribution in [0.4, 0.5) is 4.39 Å². The fourth-order valence-corrected chi connectivity index (χ4v) is 6.43. The van der Waals surface area contributed by atoms with Gasteiger partial charge in [0.15, 0.2) is 0 Å². The van der Waals surface area contributed by atoms with Gasteiger partial charge in [-0.2, -0.15) is 4.31 Å². The number of imide groups is 1. The summed E-state index contributed by atoms with van der Waals surface area (Å²) in [6.45, 7) is 1.79. The number of carbonyl (C=O) groups excluding carboxylic acids is 2. The highest BCUT2D eigenvalue weighted by Gasteiger charge is 2.56. The molecule has 2 aliphatic heterocycles. The molecule has 9 heteroatoms. The average molecular weight is 423 g/mol. The number of hydrogen-bond donors (Lipinski definition) is 0. The minimum Gasteiger partial charge on any atom is -0.274 e. The van der Waals surface area contributed by atoms with Crippen molar-refractivity contribution in [3.63, 3.8) is 0 Å². The van der Waals surface area contributed by atoms with Crippen LogP contribution in [0.2, 0.25) is 0 Å². The van der Waals surface area contributed by atoms with Gasteiger partial charge in [-0.15, -0.1) is 11.3 Å². The summed E-state index contributed by atoms with van der Waals surface area (Å²) in [4.78, 5) is 28.0. The van der Waals surface area contributed by atoms with Crippen molar-refractivity contribution in [1.82, 2.24) is 9.21 Å². The van der Waals surface area contributed by atoms with E-state index in [0.29, 0.717) is 6.42 Å². The van der Waals surface area contributed by atoms with Gasteiger partial charge in [0.25, 0.3) is 0 Å². The van der Waals surface area contributed by atoms with Gasteiger partial charge >= 0.3 is 0 Å². The Labute approximate surface area is 166 Å². The molecule has 0 spiro atoms. The Bertz CT molecular complexity index is 998. The highest BCUT2D eigenvalue weighted by molar-refractivity contribution is 7.89. The Kier molecular flexibility index (Phi) is 4.84. The zero-order valence-electron chi connectivity index (χ0n) is 15.1. The Morgan fingerprint density at radius 1 is 1.14 bits per heavy atom. The summed E-state index contributed by atoms with van der Waals surface area (Å²) in [5.74, 6) is -2.69. The third-order valence-corrected chi connectivity index (χ3v) is 8.20. The van der Waals surface area contributed by atoms with Crippen LogP contribution in [-0.4, -0.2) is 42.5 Å². The second kappa shape index (κ2) is 7.06. The van der Waals surface area contributed by atoms with Gasteiger partial charge in [-0.1, -0.05) is 19.1 Å². The molecule has 2 saturated heterocycles. The van der Waals surface area contributed by atoms with Crippen molar-refractivity contribution in [2.45, 2.75) is 24.3 Å². The normalized spacial score (nSPS) is 24.0. The largest absolute Gasteiger partial charge is 0.274 e. The third-order valence-electron chi connectivity index (χ3n) is 5.40. The van der Waals surface area contributed by atoms with Crippen LogP contribution in [0.5, 0.6) is 0 Å². The first-order valence-corrected chi connectivity index (χ1v) is 11.3. The number of hydrogen-bond acceptors (Lipinski definition) is 5. The zero-order valence-corrected chi connectivity index (χ0v) is 16.7. The van der Waals surface area contributed by atoms with Crippen LogP contribution in [0.1, 0.15) is 24.3 Å². The van der Waals surface area contributed by atoms with E-state index in [-0.39, 0.29) is 35.8 Å². The Hall–Kier alpha value is -2.10. The topological polar surface area (TPSA) is 74.8 Å². The maximum Gasteiger partial charge on any atom is 0.243 e. The van der Waals surface area contributed by atoms with Crippen LogP contribution in [0.15, 0.2) is 46.7 Å². The summed E-state index contributed by atoms with van der Waals surface area (Å²) in [5, 5.41) is 1.90.